The van der Waals surface area contributed by atoms with Crippen molar-refractivity contribution in [2.75, 3.05) is 13.1 Å². The second kappa shape index (κ2) is 6.86. The molecule has 4 nitrogen and oxygen atoms in total. The number of hydrogen-bond donors (Lipinski definition) is 3. The Kier molecular flexibility index (Phi) is 6.54. The molecule has 0 bridgehead atoms. The molecule has 0 aliphatic carbocycles. The van der Waals surface area contributed by atoms with E-state index in [4.69, 9.17) is 5.73 Å². The fourth-order valence-electron chi connectivity index (χ4n) is 1.29. The quantitative estimate of drug-likeness (QED) is 0.543. The van der Waals surface area contributed by atoms with E-state index in [1.165, 1.54) is 0 Å². The van der Waals surface area contributed by atoms with Crippen LogP contribution in [0.15, 0.2) is 0 Å². The average molecular weight is 188 g/mol. The third-order valence-corrected chi connectivity index (χ3v) is 2.29. The van der Waals surface area contributed by atoms with Gasteiger partial charge in [0, 0.05) is 6.54 Å². The predicted molar refractivity (Wildman–Crippen MR) is 52.1 cm³/mol. The third kappa shape index (κ3) is 4.85. The zero-order valence-electron chi connectivity index (χ0n) is 8.42. The normalized spacial score (nSPS) is 13.0. The minimum absolute atomic E-state index is 0.0182. The van der Waals surface area contributed by atoms with Crippen molar-refractivity contribution >= 4 is 5.91 Å². The molecule has 4 N–H and O–H groups in total. The van der Waals surface area contributed by atoms with Gasteiger partial charge in [0.2, 0.25) is 5.91 Å². The van der Waals surface area contributed by atoms with Gasteiger partial charge in [-0.2, -0.15) is 0 Å². The summed E-state index contributed by atoms with van der Waals surface area (Å²) in [6, 6.07) is 0. The van der Waals surface area contributed by atoms with Crippen LogP contribution in [-0.4, -0.2) is 30.2 Å². The second-order valence-electron chi connectivity index (χ2n) is 3.15. The first-order valence-corrected chi connectivity index (χ1v) is 4.80. The molecule has 1 unspecified atom stereocenters. The Morgan fingerprint density at radius 1 is 1.46 bits per heavy atom. The first kappa shape index (κ1) is 12.4. The van der Waals surface area contributed by atoms with Gasteiger partial charge in [0.05, 0.1) is 12.6 Å². The first-order chi connectivity index (χ1) is 6.15. The highest BCUT2D eigenvalue weighted by Gasteiger charge is 2.15. The molecule has 0 radical (unpaired) electrons. The van der Waals surface area contributed by atoms with Crippen LogP contribution in [0.2, 0.25) is 0 Å². The predicted octanol–water partition coefficient (Wildman–Crippen LogP) is -0.142. The lowest BCUT2D eigenvalue weighted by atomic mass is 9.96. The summed E-state index contributed by atoms with van der Waals surface area (Å²) in [7, 11) is 0. The van der Waals surface area contributed by atoms with Crippen LogP contribution in [0.5, 0.6) is 0 Å². The zero-order valence-corrected chi connectivity index (χ0v) is 8.42. The monoisotopic (exact) mass is 188 g/mol. The summed E-state index contributed by atoms with van der Waals surface area (Å²) < 4.78 is 0. The SMILES string of the molecule is CCC(CC)C(O)CNC(=O)CN. The fourth-order valence-corrected chi connectivity index (χ4v) is 1.29. The highest BCUT2D eigenvalue weighted by molar-refractivity contribution is 5.77. The number of carbonyl (C=O) groups excluding carboxylic acids is 1. The molecule has 0 aromatic carbocycles. The van der Waals surface area contributed by atoms with Crippen LogP contribution in [0.3, 0.4) is 0 Å². The molecule has 78 valence electrons. The van der Waals surface area contributed by atoms with Crippen molar-refractivity contribution in [3.8, 4) is 0 Å². The number of carbonyl (C=O) groups is 1. The molecule has 1 atom stereocenters. The summed E-state index contributed by atoms with van der Waals surface area (Å²) in [6.07, 6.45) is 1.40. The molecule has 0 saturated heterocycles. The molecule has 0 aromatic heterocycles. The number of hydrogen-bond acceptors (Lipinski definition) is 3. The van der Waals surface area contributed by atoms with Crippen LogP contribution in [0.1, 0.15) is 26.7 Å². The Morgan fingerprint density at radius 3 is 2.38 bits per heavy atom. The summed E-state index contributed by atoms with van der Waals surface area (Å²) in [5.41, 5.74) is 5.11. The van der Waals surface area contributed by atoms with Crippen LogP contribution >= 0.6 is 0 Å². The number of nitrogens with two attached hydrogens (primary N) is 1. The Balaban J connectivity index is 3.71. The van der Waals surface area contributed by atoms with Crippen LogP contribution in [0.4, 0.5) is 0 Å². The summed E-state index contributed by atoms with van der Waals surface area (Å²) in [6.45, 7) is 4.35. The maximum absolute atomic E-state index is 10.8. The van der Waals surface area contributed by atoms with Crippen LogP contribution in [-0.2, 0) is 4.79 Å². The highest BCUT2D eigenvalue weighted by atomic mass is 16.3. The standard InChI is InChI=1S/C9H20N2O2/c1-3-7(4-2)8(12)6-11-9(13)5-10/h7-8,12H,3-6,10H2,1-2H3,(H,11,13). The van der Waals surface area contributed by atoms with E-state index in [-0.39, 0.29) is 18.4 Å². The van der Waals surface area contributed by atoms with Crippen molar-refractivity contribution in [1.29, 1.82) is 0 Å². The molecule has 0 spiro atoms. The Morgan fingerprint density at radius 2 is 2.00 bits per heavy atom. The van der Waals surface area contributed by atoms with E-state index < -0.39 is 6.10 Å². The summed E-state index contributed by atoms with van der Waals surface area (Å²) in [5.74, 6) is 0.0445. The lowest BCUT2D eigenvalue weighted by molar-refractivity contribution is -0.120. The topological polar surface area (TPSA) is 75.3 Å². The number of aliphatic hydroxyl groups is 1. The molecule has 0 fully saturated rings. The van der Waals surface area contributed by atoms with Gasteiger partial charge < -0.3 is 16.2 Å². The molecule has 13 heavy (non-hydrogen) atoms. The van der Waals surface area contributed by atoms with Gasteiger partial charge in [-0.1, -0.05) is 26.7 Å². The number of amides is 1. The Hall–Kier alpha value is -0.610. The van der Waals surface area contributed by atoms with Gasteiger partial charge in [0.1, 0.15) is 0 Å². The molecule has 0 aliphatic rings. The molecular formula is C9H20N2O2. The fraction of sp³-hybridized carbons (Fsp3) is 0.889. The van der Waals surface area contributed by atoms with Crippen LogP contribution < -0.4 is 11.1 Å². The van der Waals surface area contributed by atoms with Gasteiger partial charge in [-0.25, -0.2) is 0 Å². The first-order valence-electron chi connectivity index (χ1n) is 4.80. The number of nitrogens with one attached hydrogen (secondary N) is 1. The van der Waals surface area contributed by atoms with E-state index in [0.29, 0.717) is 6.54 Å². The third-order valence-electron chi connectivity index (χ3n) is 2.29. The largest absolute Gasteiger partial charge is 0.391 e. The molecule has 0 heterocycles. The van der Waals surface area contributed by atoms with Crippen molar-refractivity contribution in [3.05, 3.63) is 0 Å². The van der Waals surface area contributed by atoms with E-state index in [1.807, 2.05) is 13.8 Å². The van der Waals surface area contributed by atoms with Crippen LogP contribution in [0.25, 0.3) is 0 Å². The van der Waals surface area contributed by atoms with Gasteiger partial charge in [0.25, 0.3) is 0 Å². The maximum Gasteiger partial charge on any atom is 0.233 e. The van der Waals surface area contributed by atoms with Crippen molar-refractivity contribution in [2.24, 2.45) is 11.7 Å². The van der Waals surface area contributed by atoms with Gasteiger partial charge in [-0.05, 0) is 5.92 Å². The summed E-state index contributed by atoms with van der Waals surface area (Å²) in [4.78, 5) is 10.8. The average Bonchev–Trinajstić information content (AvgIpc) is 2.16. The summed E-state index contributed by atoms with van der Waals surface area (Å²) >= 11 is 0. The minimum atomic E-state index is -0.453. The molecule has 1 amide bonds. The smallest absolute Gasteiger partial charge is 0.233 e. The number of rotatable bonds is 6. The zero-order chi connectivity index (χ0) is 10.3. The minimum Gasteiger partial charge on any atom is -0.391 e. The molecule has 0 saturated carbocycles. The van der Waals surface area contributed by atoms with E-state index in [0.717, 1.165) is 12.8 Å². The van der Waals surface area contributed by atoms with Gasteiger partial charge >= 0.3 is 0 Å². The molecule has 0 aliphatic heterocycles. The van der Waals surface area contributed by atoms with Crippen molar-refractivity contribution < 1.29 is 9.90 Å². The molecule has 0 aromatic rings. The van der Waals surface area contributed by atoms with Gasteiger partial charge in [-0.15, -0.1) is 0 Å². The molecular weight excluding hydrogens is 168 g/mol. The Bertz CT molecular complexity index is 147. The Labute approximate surface area is 79.5 Å². The van der Waals surface area contributed by atoms with E-state index in [2.05, 4.69) is 5.32 Å². The lowest BCUT2D eigenvalue weighted by Gasteiger charge is -2.20. The lowest BCUT2D eigenvalue weighted by Crippen LogP contribution is -2.38. The second-order valence-corrected chi connectivity index (χ2v) is 3.15. The van der Waals surface area contributed by atoms with E-state index >= 15 is 0 Å². The molecule has 0 rings (SSSR count). The van der Waals surface area contributed by atoms with E-state index in [9.17, 15) is 9.90 Å². The van der Waals surface area contributed by atoms with Crippen molar-refractivity contribution in [2.45, 2.75) is 32.8 Å². The highest BCUT2D eigenvalue weighted by Crippen LogP contribution is 2.11. The molecule has 4 heteroatoms. The van der Waals surface area contributed by atoms with Crippen LogP contribution in [0, 0.1) is 5.92 Å². The van der Waals surface area contributed by atoms with Gasteiger partial charge in [-0.3, -0.25) is 4.79 Å². The van der Waals surface area contributed by atoms with Gasteiger partial charge in [0.15, 0.2) is 0 Å². The number of aliphatic hydroxyl groups excluding tert-OH is 1. The maximum atomic E-state index is 10.8. The van der Waals surface area contributed by atoms with Crippen molar-refractivity contribution in [1.82, 2.24) is 5.32 Å². The van der Waals surface area contributed by atoms with Crippen molar-refractivity contribution in [3.63, 3.8) is 0 Å². The summed E-state index contributed by atoms with van der Waals surface area (Å²) in [5, 5.41) is 12.2. The van der Waals surface area contributed by atoms with E-state index in [1.54, 1.807) is 0 Å².